The molecule has 46 valence electrons. The van der Waals surface area contributed by atoms with Crippen LogP contribution in [0.25, 0.3) is 0 Å². The molecule has 0 fully saturated rings. The lowest BCUT2D eigenvalue weighted by Crippen LogP contribution is -1.47. The molecule has 0 N–H and O–H groups in total. The van der Waals surface area contributed by atoms with Gasteiger partial charge >= 0.3 is 0 Å². The van der Waals surface area contributed by atoms with Crippen molar-refractivity contribution in [1.29, 1.82) is 0 Å². The molecule has 0 heterocycles. The second kappa shape index (κ2) is 7.38. The zero-order chi connectivity index (χ0) is 4.24. The first kappa shape index (κ1) is 11.2. The normalized spacial score (nSPS) is 6.00. The van der Waals surface area contributed by atoms with E-state index in [9.17, 15) is 0 Å². The molecule has 1 aromatic carbocycles. The largest absolute Gasteiger partial charge is 0.153 e. The SMILES string of the molecule is I.P.c1ccccc1. The predicted molar refractivity (Wildman–Crippen MR) is 53.0 cm³/mol. The molecule has 2 heteroatoms. The van der Waals surface area contributed by atoms with E-state index >= 15 is 0 Å². The molecule has 0 aliphatic rings. The minimum absolute atomic E-state index is 0. The van der Waals surface area contributed by atoms with Crippen LogP contribution in [0.5, 0.6) is 0 Å². The van der Waals surface area contributed by atoms with E-state index in [-0.39, 0.29) is 33.9 Å². The van der Waals surface area contributed by atoms with Crippen molar-refractivity contribution in [3.05, 3.63) is 36.4 Å². The van der Waals surface area contributed by atoms with Crippen LogP contribution in [0.4, 0.5) is 0 Å². The molecule has 1 atom stereocenters. The zero-order valence-electron chi connectivity index (χ0n) is 4.58. The molecule has 0 aliphatic heterocycles. The molecule has 0 spiro atoms. The average Bonchev–Trinajstić information content (AvgIpc) is 1.72. The van der Waals surface area contributed by atoms with Crippen LogP contribution in [0.3, 0.4) is 0 Å². The smallest absolute Gasteiger partial charge is 0.0623 e. The maximum atomic E-state index is 2.00. The molecule has 0 aliphatic carbocycles. The molecule has 0 amide bonds. The molecule has 0 bridgehead atoms. The minimum Gasteiger partial charge on any atom is -0.153 e. The Morgan fingerprint density at radius 1 is 0.500 bits per heavy atom. The van der Waals surface area contributed by atoms with Gasteiger partial charge in [-0.25, -0.2) is 0 Å². The third-order valence-electron chi connectivity index (χ3n) is 0.667. The van der Waals surface area contributed by atoms with Crippen LogP contribution in [0.2, 0.25) is 0 Å². The summed E-state index contributed by atoms with van der Waals surface area (Å²) in [5.41, 5.74) is 0. The summed E-state index contributed by atoms with van der Waals surface area (Å²) < 4.78 is 0. The summed E-state index contributed by atoms with van der Waals surface area (Å²) in [6.07, 6.45) is 0. The van der Waals surface area contributed by atoms with Gasteiger partial charge in [-0.15, -0.1) is 24.0 Å². The van der Waals surface area contributed by atoms with Crippen molar-refractivity contribution in [2.45, 2.75) is 0 Å². The van der Waals surface area contributed by atoms with Crippen molar-refractivity contribution in [3.63, 3.8) is 0 Å². The van der Waals surface area contributed by atoms with Crippen LogP contribution in [0, 0.1) is 0 Å². The van der Waals surface area contributed by atoms with E-state index in [1.165, 1.54) is 0 Å². The summed E-state index contributed by atoms with van der Waals surface area (Å²) in [6.45, 7) is 0. The molecular formula is C6H10IP. The number of benzene rings is 1. The Kier molecular flexibility index (Phi) is 10.3. The molecule has 1 aromatic rings. The third-order valence-corrected chi connectivity index (χ3v) is 0.667. The van der Waals surface area contributed by atoms with Gasteiger partial charge in [-0.3, -0.25) is 0 Å². The molecule has 0 aromatic heterocycles. The van der Waals surface area contributed by atoms with Gasteiger partial charge in [-0.2, -0.15) is 9.90 Å². The van der Waals surface area contributed by atoms with E-state index in [0.29, 0.717) is 0 Å². The van der Waals surface area contributed by atoms with Crippen molar-refractivity contribution in [2.24, 2.45) is 0 Å². The van der Waals surface area contributed by atoms with Gasteiger partial charge in [0.25, 0.3) is 0 Å². The van der Waals surface area contributed by atoms with Crippen molar-refractivity contribution in [3.8, 4) is 0 Å². The van der Waals surface area contributed by atoms with Crippen molar-refractivity contribution >= 4 is 33.9 Å². The first-order valence-corrected chi connectivity index (χ1v) is 2.00. The van der Waals surface area contributed by atoms with Crippen LogP contribution in [0.15, 0.2) is 36.4 Å². The molecule has 0 saturated carbocycles. The van der Waals surface area contributed by atoms with Crippen molar-refractivity contribution < 1.29 is 0 Å². The Balaban J connectivity index is 0. The number of hydrogen-bond acceptors (Lipinski definition) is 0. The zero-order valence-corrected chi connectivity index (χ0v) is 8.32. The summed E-state index contributed by atoms with van der Waals surface area (Å²) in [5, 5.41) is 0. The van der Waals surface area contributed by atoms with E-state index in [1.54, 1.807) is 0 Å². The lowest BCUT2D eigenvalue weighted by Gasteiger charge is -1.69. The van der Waals surface area contributed by atoms with Gasteiger partial charge in [0, 0.05) is 0 Å². The van der Waals surface area contributed by atoms with Crippen LogP contribution in [-0.2, 0) is 0 Å². The Bertz CT molecular complexity index is 80.5. The van der Waals surface area contributed by atoms with Crippen molar-refractivity contribution in [2.75, 3.05) is 0 Å². The maximum absolute atomic E-state index is 2.00. The number of halogens is 1. The average molecular weight is 240 g/mol. The van der Waals surface area contributed by atoms with E-state index < -0.39 is 0 Å². The van der Waals surface area contributed by atoms with Gasteiger partial charge in [-0.1, -0.05) is 36.4 Å². The first-order valence-electron chi connectivity index (χ1n) is 2.00. The fourth-order valence-electron chi connectivity index (χ4n) is 0.385. The maximum Gasteiger partial charge on any atom is -0.0623 e. The van der Waals surface area contributed by atoms with Gasteiger partial charge < -0.3 is 0 Å². The van der Waals surface area contributed by atoms with Crippen molar-refractivity contribution in [1.82, 2.24) is 0 Å². The van der Waals surface area contributed by atoms with Crippen LogP contribution < -0.4 is 0 Å². The Labute approximate surface area is 70.3 Å². The number of rotatable bonds is 0. The molecular weight excluding hydrogens is 230 g/mol. The Hall–Kier alpha value is 0.380. The summed E-state index contributed by atoms with van der Waals surface area (Å²) in [5.74, 6) is 0. The van der Waals surface area contributed by atoms with E-state index in [4.69, 9.17) is 0 Å². The fraction of sp³-hybridized carbons (Fsp3) is 0. The Morgan fingerprint density at radius 2 is 0.625 bits per heavy atom. The summed E-state index contributed by atoms with van der Waals surface area (Å²) >= 11 is 0. The van der Waals surface area contributed by atoms with Gasteiger partial charge in [0.05, 0.1) is 0 Å². The van der Waals surface area contributed by atoms with Gasteiger partial charge in [0.15, 0.2) is 0 Å². The second-order valence-electron chi connectivity index (χ2n) is 1.15. The molecule has 0 saturated heterocycles. The molecule has 0 nitrogen and oxygen atoms in total. The van der Waals surface area contributed by atoms with Gasteiger partial charge in [-0.05, 0) is 0 Å². The summed E-state index contributed by atoms with van der Waals surface area (Å²) in [6, 6.07) is 12.0. The minimum atomic E-state index is 0. The monoisotopic (exact) mass is 240 g/mol. The lowest BCUT2D eigenvalue weighted by molar-refractivity contribution is 1.72. The first-order chi connectivity index (χ1) is 3.00. The highest BCUT2D eigenvalue weighted by molar-refractivity contribution is 14.0. The topological polar surface area (TPSA) is 0 Å². The lowest BCUT2D eigenvalue weighted by atomic mass is 10.4. The van der Waals surface area contributed by atoms with E-state index in [1.807, 2.05) is 36.4 Å². The van der Waals surface area contributed by atoms with Crippen LogP contribution in [0.1, 0.15) is 0 Å². The highest BCUT2D eigenvalue weighted by Crippen LogP contribution is 1.79. The highest BCUT2D eigenvalue weighted by Gasteiger charge is 1.57. The standard InChI is InChI=1S/C6H6.HI.H3P/c1-2-4-6-5-3-1;;/h1-6H;1H;1H3. The second-order valence-corrected chi connectivity index (χ2v) is 1.15. The predicted octanol–water partition coefficient (Wildman–Crippen LogP) is 2.36. The van der Waals surface area contributed by atoms with E-state index in [0.717, 1.165) is 0 Å². The quantitative estimate of drug-likeness (QED) is 0.482. The molecule has 1 unspecified atom stereocenters. The fourth-order valence-corrected chi connectivity index (χ4v) is 0.385. The number of hydrogen-bond donors (Lipinski definition) is 0. The van der Waals surface area contributed by atoms with Gasteiger partial charge in [0.1, 0.15) is 0 Å². The molecule has 8 heavy (non-hydrogen) atoms. The van der Waals surface area contributed by atoms with Gasteiger partial charge in [0.2, 0.25) is 0 Å². The molecule has 1 rings (SSSR count). The molecule has 0 radical (unpaired) electrons. The van der Waals surface area contributed by atoms with Crippen LogP contribution in [-0.4, -0.2) is 0 Å². The third kappa shape index (κ3) is 4.54. The van der Waals surface area contributed by atoms with E-state index in [2.05, 4.69) is 0 Å². The highest BCUT2D eigenvalue weighted by atomic mass is 127. The summed E-state index contributed by atoms with van der Waals surface area (Å²) in [4.78, 5) is 0. The summed E-state index contributed by atoms with van der Waals surface area (Å²) in [7, 11) is 0. The van der Waals surface area contributed by atoms with Crippen LogP contribution >= 0.6 is 33.9 Å². The Morgan fingerprint density at radius 3 is 0.750 bits per heavy atom.